The fraction of sp³-hybridized carbons (Fsp3) is 0.190. The highest BCUT2D eigenvalue weighted by Gasteiger charge is 2.40. The molecule has 0 aliphatic carbocycles. The second-order valence-corrected chi connectivity index (χ2v) is 6.94. The molecule has 0 aliphatic rings. The lowest BCUT2D eigenvalue weighted by molar-refractivity contribution is -0.0122. The molecule has 1 N–H and O–H groups in total. The van der Waals surface area contributed by atoms with Crippen molar-refractivity contribution in [1.82, 2.24) is 19.7 Å². The average Bonchev–Trinajstić information content (AvgIpc) is 3.19. The Labute approximate surface area is 164 Å². The standard InChI is InChI=1S/C21H17F3N4O/c1-13(19-6-2-14-8-15(22)4-7-20(14)27-19)21(29,10-28-12-25-11-26-28)17-5-3-16(23)9-18(17)24/h2-9,11-13,29H,10H2,1H3. The van der Waals surface area contributed by atoms with Crippen LogP contribution in [-0.2, 0) is 12.1 Å². The molecule has 0 bridgehead atoms. The lowest BCUT2D eigenvalue weighted by atomic mass is 9.79. The Morgan fingerprint density at radius 1 is 1.03 bits per heavy atom. The predicted octanol–water partition coefficient (Wildman–Crippen LogP) is 3.94. The Balaban J connectivity index is 1.82. The van der Waals surface area contributed by atoms with Crippen LogP contribution in [-0.4, -0.2) is 24.9 Å². The summed E-state index contributed by atoms with van der Waals surface area (Å²) in [6.45, 7) is 1.57. The minimum absolute atomic E-state index is 0.0806. The third kappa shape index (κ3) is 3.58. The van der Waals surface area contributed by atoms with Crippen molar-refractivity contribution in [1.29, 1.82) is 0 Å². The summed E-state index contributed by atoms with van der Waals surface area (Å²) in [4.78, 5) is 8.37. The lowest BCUT2D eigenvalue weighted by Crippen LogP contribution is -2.38. The molecule has 2 aromatic heterocycles. The second-order valence-electron chi connectivity index (χ2n) is 6.94. The summed E-state index contributed by atoms with van der Waals surface area (Å²) >= 11 is 0. The van der Waals surface area contributed by atoms with E-state index in [-0.39, 0.29) is 17.9 Å². The third-order valence-corrected chi connectivity index (χ3v) is 5.10. The minimum Gasteiger partial charge on any atom is -0.382 e. The molecule has 2 aromatic carbocycles. The number of hydrogen-bond acceptors (Lipinski definition) is 4. The topological polar surface area (TPSA) is 63.8 Å². The molecule has 0 spiro atoms. The maximum absolute atomic E-state index is 14.6. The van der Waals surface area contributed by atoms with E-state index in [4.69, 9.17) is 0 Å². The Morgan fingerprint density at radius 3 is 2.52 bits per heavy atom. The van der Waals surface area contributed by atoms with Crippen LogP contribution < -0.4 is 0 Å². The molecule has 0 aliphatic heterocycles. The summed E-state index contributed by atoms with van der Waals surface area (Å²) in [5.74, 6) is -2.70. The average molecular weight is 398 g/mol. The summed E-state index contributed by atoms with van der Waals surface area (Å²) < 4.78 is 42.9. The van der Waals surface area contributed by atoms with Crippen molar-refractivity contribution in [2.45, 2.75) is 25.0 Å². The quantitative estimate of drug-likeness (QED) is 0.553. The van der Waals surface area contributed by atoms with Gasteiger partial charge in [-0.15, -0.1) is 0 Å². The second kappa shape index (κ2) is 7.29. The van der Waals surface area contributed by atoms with Crippen LogP contribution in [0.3, 0.4) is 0 Å². The molecule has 0 saturated heterocycles. The van der Waals surface area contributed by atoms with Gasteiger partial charge in [0.25, 0.3) is 0 Å². The summed E-state index contributed by atoms with van der Waals surface area (Å²) in [5.41, 5.74) is -0.872. The van der Waals surface area contributed by atoms with Crippen molar-refractivity contribution < 1.29 is 18.3 Å². The van der Waals surface area contributed by atoms with E-state index in [1.165, 1.54) is 41.6 Å². The maximum atomic E-state index is 14.6. The molecular formula is C21H17F3N4O. The van der Waals surface area contributed by atoms with Gasteiger partial charge in [-0.25, -0.2) is 22.8 Å². The molecule has 29 heavy (non-hydrogen) atoms. The van der Waals surface area contributed by atoms with Gasteiger partial charge in [0.2, 0.25) is 0 Å². The van der Waals surface area contributed by atoms with Crippen LogP contribution in [0.5, 0.6) is 0 Å². The Kier molecular flexibility index (Phi) is 4.79. The van der Waals surface area contributed by atoms with Crippen molar-refractivity contribution >= 4 is 10.9 Å². The van der Waals surface area contributed by atoms with Gasteiger partial charge in [-0.2, -0.15) is 5.10 Å². The number of aromatic nitrogens is 4. The Hall–Kier alpha value is -3.26. The van der Waals surface area contributed by atoms with Crippen LogP contribution in [0, 0.1) is 17.5 Å². The van der Waals surface area contributed by atoms with Crippen molar-refractivity contribution in [3.63, 3.8) is 0 Å². The molecule has 0 saturated carbocycles. The molecule has 2 atom stereocenters. The van der Waals surface area contributed by atoms with Crippen LogP contribution in [0.25, 0.3) is 10.9 Å². The molecule has 148 valence electrons. The summed E-state index contributed by atoms with van der Waals surface area (Å²) in [5, 5.41) is 16.2. The van der Waals surface area contributed by atoms with Gasteiger partial charge < -0.3 is 5.11 Å². The summed E-state index contributed by atoms with van der Waals surface area (Å²) in [7, 11) is 0. The van der Waals surface area contributed by atoms with Crippen LogP contribution in [0.2, 0.25) is 0 Å². The van der Waals surface area contributed by atoms with E-state index in [2.05, 4.69) is 15.1 Å². The third-order valence-electron chi connectivity index (χ3n) is 5.10. The van der Waals surface area contributed by atoms with Crippen LogP contribution in [0.15, 0.2) is 61.2 Å². The predicted molar refractivity (Wildman–Crippen MR) is 100 cm³/mol. The monoisotopic (exact) mass is 398 g/mol. The molecule has 2 heterocycles. The molecule has 0 radical (unpaired) electrons. The highest BCUT2D eigenvalue weighted by atomic mass is 19.1. The molecule has 4 rings (SSSR count). The van der Waals surface area contributed by atoms with Gasteiger partial charge in [-0.3, -0.25) is 4.98 Å². The molecule has 5 nitrogen and oxygen atoms in total. The van der Waals surface area contributed by atoms with Crippen LogP contribution in [0.1, 0.15) is 24.1 Å². The highest BCUT2D eigenvalue weighted by molar-refractivity contribution is 5.78. The Morgan fingerprint density at radius 2 is 1.79 bits per heavy atom. The fourth-order valence-electron chi connectivity index (χ4n) is 3.46. The van der Waals surface area contributed by atoms with Gasteiger partial charge in [-0.05, 0) is 30.3 Å². The van der Waals surface area contributed by atoms with E-state index in [0.717, 1.165) is 12.1 Å². The number of halogens is 3. The normalized spacial score (nSPS) is 14.7. The molecule has 2 unspecified atom stereocenters. The van der Waals surface area contributed by atoms with Crippen molar-refractivity contribution in [3.8, 4) is 0 Å². The lowest BCUT2D eigenvalue weighted by Gasteiger charge is -2.34. The molecule has 4 aromatic rings. The minimum atomic E-state index is -1.80. The number of rotatable bonds is 5. The largest absolute Gasteiger partial charge is 0.382 e. The van der Waals surface area contributed by atoms with Gasteiger partial charge in [0, 0.05) is 28.6 Å². The van der Waals surface area contributed by atoms with Crippen molar-refractivity contribution in [2.24, 2.45) is 0 Å². The zero-order valence-corrected chi connectivity index (χ0v) is 15.4. The van der Waals surface area contributed by atoms with Crippen molar-refractivity contribution in [2.75, 3.05) is 0 Å². The molecule has 8 heteroatoms. The van der Waals surface area contributed by atoms with E-state index in [0.29, 0.717) is 16.6 Å². The summed E-state index contributed by atoms with van der Waals surface area (Å²) in [6.07, 6.45) is 2.70. The number of nitrogens with zero attached hydrogens (tertiary/aromatic N) is 4. The van der Waals surface area contributed by atoms with E-state index in [1.54, 1.807) is 19.1 Å². The summed E-state index contributed by atoms with van der Waals surface area (Å²) in [6, 6.07) is 10.6. The van der Waals surface area contributed by atoms with Crippen LogP contribution in [0.4, 0.5) is 13.2 Å². The van der Waals surface area contributed by atoms with E-state index in [9.17, 15) is 18.3 Å². The first-order valence-corrected chi connectivity index (χ1v) is 8.93. The molecule has 0 fully saturated rings. The van der Waals surface area contributed by atoms with Crippen molar-refractivity contribution in [3.05, 3.63) is 89.9 Å². The van der Waals surface area contributed by atoms with Gasteiger partial charge in [0.1, 0.15) is 35.7 Å². The van der Waals surface area contributed by atoms with Gasteiger partial charge in [-0.1, -0.05) is 19.1 Å². The zero-order chi connectivity index (χ0) is 20.6. The van der Waals surface area contributed by atoms with Gasteiger partial charge in [0.05, 0.1) is 12.1 Å². The zero-order valence-electron chi connectivity index (χ0n) is 15.4. The number of benzene rings is 2. The SMILES string of the molecule is CC(c1ccc2cc(F)ccc2n1)C(O)(Cn1cncn1)c1ccc(F)cc1F. The number of fused-ring (bicyclic) bond motifs is 1. The first-order valence-electron chi connectivity index (χ1n) is 8.93. The first kappa shape index (κ1) is 19.1. The van der Waals surface area contributed by atoms with Gasteiger partial charge >= 0.3 is 0 Å². The van der Waals surface area contributed by atoms with E-state index in [1.807, 2.05) is 0 Å². The maximum Gasteiger partial charge on any atom is 0.137 e. The number of pyridine rings is 1. The molecule has 0 amide bonds. The fourth-order valence-corrected chi connectivity index (χ4v) is 3.46. The molecular weight excluding hydrogens is 381 g/mol. The van der Waals surface area contributed by atoms with Gasteiger partial charge in [0.15, 0.2) is 0 Å². The van der Waals surface area contributed by atoms with E-state index < -0.39 is 23.2 Å². The first-order chi connectivity index (χ1) is 13.9. The van der Waals surface area contributed by atoms with Crippen LogP contribution >= 0.6 is 0 Å². The smallest absolute Gasteiger partial charge is 0.137 e. The van der Waals surface area contributed by atoms with E-state index >= 15 is 0 Å². The Bertz CT molecular complexity index is 1170. The highest BCUT2D eigenvalue weighted by Crippen LogP contribution is 2.39. The number of hydrogen-bond donors (Lipinski definition) is 1. The number of aliphatic hydroxyl groups is 1.